The number of amidine groups is 1. The Bertz CT molecular complexity index is 862. The van der Waals surface area contributed by atoms with Gasteiger partial charge in [-0.05, 0) is 30.5 Å². The molecule has 1 saturated heterocycles. The fourth-order valence-electron chi connectivity index (χ4n) is 3.88. The first-order chi connectivity index (χ1) is 13.8. The zero-order valence-corrected chi connectivity index (χ0v) is 19.1. The van der Waals surface area contributed by atoms with Gasteiger partial charge in [0.05, 0.1) is 10.6 Å². The summed E-state index contributed by atoms with van der Waals surface area (Å²) in [7, 11) is -0.500. The van der Waals surface area contributed by atoms with E-state index in [0.29, 0.717) is 29.7 Å². The molecular formula is C21H31N3O3S2. The molecule has 2 aliphatic rings. The van der Waals surface area contributed by atoms with Crippen molar-refractivity contribution in [2.45, 2.75) is 62.0 Å². The number of hydrogen-bond donors (Lipinski definition) is 0. The number of aliphatic imine (C=N–C) groups is 1. The first-order valence-corrected chi connectivity index (χ1v) is 12.7. The van der Waals surface area contributed by atoms with Gasteiger partial charge in [-0.1, -0.05) is 56.9 Å². The van der Waals surface area contributed by atoms with Gasteiger partial charge in [0.1, 0.15) is 0 Å². The van der Waals surface area contributed by atoms with E-state index in [1.165, 1.54) is 50.5 Å². The molecule has 2 fully saturated rings. The van der Waals surface area contributed by atoms with E-state index in [0.717, 1.165) is 6.42 Å². The van der Waals surface area contributed by atoms with Crippen LogP contribution in [0.4, 0.5) is 5.69 Å². The molecule has 1 unspecified atom stereocenters. The Labute approximate surface area is 178 Å². The van der Waals surface area contributed by atoms with Gasteiger partial charge in [-0.15, -0.1) is 0 Å². The molecule has 0 spiro atoms. The van der Waals surface area contributed by atoms with Crippen LogP contribution >= 0.6 is 11.8 Å². The van der Waals surface area contributed by atoms with Crippen molar-refractivity contribution in [3.63, 3.8) is 0 Å². The van der Waals surface area contributed by atoms with Crippen molar-refractivity contribution in [3.8, 4) is 0 Å². The second kappa shape index (κ2) is 9.62. The molecule has 1 aliphatic carbocycles. The Morgan fingerprint density at radius 2 is 1.97 bits per heavy atom. The van der Waals surface area contributed by atoms with Crippen LogP contribution in [0.2, 0.25) is 0 Å². The van der Waals surface area contributed by atoms with E-state index >= 15 is 0 Å². The maximum atomic E-state index is 12.9. The number of thioether (sulfide) groups is 1. The predicted molar refractivity (Wildman–Crippen MR) is 119 cm³/mol. The lowest BCUT2D eigenvalue weighted by Crippen LogP contribution is -2.32. The van der Waals surface area contributed by atoms with Crippen molar-refractivity contribution in [1.29, 1.82) is 0 Å². The van der Waals surface area contributed by atoms with Crippen molar-refractivity contribution in [3.05, 3.63) is 24.3 Å². The lowest BCUT2D eigenvalue weighted by molar-refractivity contribution is -0.127. The number of benzene rings is 1. The van der Waals surface area contributed by atoms with Crippen LogP contribution in [0.1, 0.15) is 51.9 Å². The molecule has 1 atom stereocenters. The molecule has 1 aromatic rings. The van der Waals surface area contributed by atoms with Gasteiger partial charge in [0.15, 0.2) is 5.17 Å². The summed E-state index contributed by atoms with van der Waals surface area (Å²) in [5.41, 5.74) is 0.551. The minimum Gasteiger partial charge on any atom is -0.290 e. The lowest BCUT2D eigenvalue weighted by atomic mass is 9.86. The molecular weight excluding hydrogens is 406 g/mol. The molecule has 0 aromatic heterocycles. The summed E-state index contributed by atoms with van der Waals surface area (Å²) in [5.74, 6) is 0.803. The fraction of sp³-hybridized carbons (Fsp3) is 0.619. The van der Waals surface area contributed by atoms with Gasteiger partial charge >= 0.3 is 0 Å². The van der Waals surface area contributed by atoms with Crippen LogP contribution < -0.4 is 0 Å². The Morgan fingerprint density at radius 3 is 2.66 bits per heavy atom. The third kappa shape index (κ3) is 5.61. The SMILES string of the molecule is CC1CN(C(=O)CCC2CCCCC2)C(=Nc2cccc(S(=O)(=O)N(C)C)c2)S1. The summed E-state index contributed by atoms with van der Waals surface area (Å²) in [4.78, 5) is 19.5. The van der Waals surface area contributed by atoms with E-state index in [1.807, 2.05) is 0 Å². The fourth-order valence-corrected chi connectivity index (χ4v) is 5.87. The van der Waals surface area contributed by atoms with E-state index in [4.69, 9.17) is 0 Å². The van der Waals surface area contributed by atoms with Crippen LogP contribution in [0, 0.1) is 5.92 Å². The molecule has 0 radical (unpaired) electrons. The summed E-state index contributed by atoms with van der Waals surface area (Å²) < 4.78 is 26.0. The van der Waals surface area contributed by atoms with Gasteiger partial charge in [0.2, 0.25) is 15.9 Å². The van der Waals surface area contributed by atoms with E-state index in [1.54, 1.807) is 40.9 Å². The molecule has 1 aliphatic heterocycles. The minimum atomic E-state index is -3.52. The summed E-state index contributed by atoms with van der Waals surface area (Å²) in [6.07, 6.45) is 7.90. The van der Waals surface area contributed by atoms with Crippen LogP contribution in [0.25, 0.3) is 0 Å². The minimum absolute atomic E-state index is 0.128. The molecule has 0 N–H and O–H groups in total. The number of amides is 1. The molecule has 1 aromatic carbocycles. The van der Waals surface area contributed by atoms with Gasteiger partial charge in [-0.2, -0.15) is 0 Å². The number of nitrogens with zero attached hydrogens (tertiary/aromatic N) is 3. The monoisotopic (exact) mass is 437 g/mol. The van der Waals surface area contributed by atoms with Crippen molar-refractivity contribution in [1.82, 2.24) is 9.21 Å². The zero-order valence-electron chi connectivity index (χ0n) is 17.5. The highest BCUT2D eigenvalue weighted by Gasteiger charge is 2.31. The normalized spacial score (nSPS) is 22.6. The number of carbonyl (C=O) groups is 1. The molecule has 1 heterocycles. The first kappa shape index (κ1) is 22.3. The van der Waals surface area contributed by atoms with E-state index in [-0.39, 0.29) is 16.1 Å². The standard InChI is InChI=1S/C21H31N3O3S2/c1-16-15-24(20(25)13-12-17-8-5-4-6-9-17)21(28-16)22-18-10-7-11-19(14-18)29(26,27)23(2)3/h7,10-11,14,16-17H,4-6,8-9,12-13,15H2,1-3H3. The molecule has 8 heteroatoms. The van der Waals surface area contributed by atoms with Crippen molar-refractivity contribution >= 4 is 38.5 Å². The maximum Gasteiger partial charge on any atom is 0.242 e. The van der Waals surface area contributed by atoms with Gasteiger partial charge < -0.3 is 0 Å². The Kier molecular flexibility index (Phi) is 7.40. The lowest BCUT2D eigenvalue weighted by Gasteiger charge is -2.22. The van der Waals surface area contributed by atoms with Crippen molar-refractivity contribution in [2.75, 3.05) is 20.6 Å². The second-order valence-electron chi connectivity index (χ2n) is 8.15. The largest absolute Gasteiger partial charge is 0.290 e. The van der Waals surface area contributed by atoms with Crippen LogP contribution in [0.15, 0.2) is 34.2 Å². The first-order valence-electron chi connectivity index (χ1n) is 10.4. The highest BCUT2D eigenvalue weighted by Crippen LogP contribution is 2.31. The van der Waals surface area contributed by atoms with Crippen molar-refractivity contribution < 1.29 is 13.2 Å². The average molecular weight is 438 g/mol. The highest BCUT2D eigenvalue weighted by molar-refractivity contribution is 8.14. The second-order valence-corrected chi connectivity index (χ2v) is 11.7. The van der Waals surface area contributed by atoms with Crippen LogP contribution in [-0.2, 0) is 14.8 Å². The Hall–Kier alpha value is -1.38. The van der Waals surface area contributed by atoms with Gasteiger partial charge in [-0.3, -0.25) is 9.69 Å². The van der Waals surface area contributed by atoms with Gasteiger partial charge in [0, 0.05) is 32.3 Å². The van der Waals surface area contributed by atoms with Crippen LogP contribution in [0.3, 0.4) is 0 Å². The summed E-state index contributed by atoms with van der Waals surface area (Å²) >= 11 is 1.57. The average Bonchev–Trinajstić information content (AvgIpc) is 3.07. The molecule has 1 saturated carbocycles. The zero-order chi connectivity index (χ0) is 21.0. The quantitative estimate of drug-likeness (QED) is 0.667. The number of sulfonamides is 1. The molecule has 1 amide bonds. The van der Waals surface area contributed by atoms with Gasteiger partial charge in [0.25, 0.3) is 0 Å². The summed E-state index contributed by atoms with van der Waals surface area (Å²) in [6.45, 7) is 2.74. The topological polar surface area (TPSA) is 70.0 Å². The molecule has 29 heavy (non-hydrogen) atoms. The molecule has 3 rings (SSSR count). The Balaban J connectivity index is 1.74. The summed E-state index contributed by atoms with van der Waals surface area (Å²) in [6, 6.07) is 6.59. The van der Waals surface area contributed by atoms with E-state index < -0.39 is 10.0 Å². The van der Waals surface area contributed by atoms with E-state index in [9.17, 15) is 13.2 Å². The molecule has 0 bridgehead atoms. The Morgan fingerprint density at radius 1 is 1.24 bits per heavy atom. The number of hydrogen-bond acceptors (Lipinski definition) is 5. The number of rotatable bonds is 6. The van der Waals surface area contributed by atoms with E-state index in [2.05, 4.69) is 11.9 Å². The molecule has 160 valence electrons. The van der Waals surface area contributed by atoms with Crippen LogP contribution in [-0.4, -0.2) is 54.6 Å². The van der Waals surface area contributed by atoms with Crippen molar-refractivity contribution in [2.24, 2.45) is 10.9 Å². The number of carbonyl (C=O) groups excluding carboxylic acids is 1. The highest BCUT2D eigenvalue weighted by atomic mass is 32.2. The van der Waals surface area contributed by atoms with Gasteiger partial charge in [-0.25, -0.2) is 17.7 Å². The third-order valence-corrected chi connectivity index (χ3v) is 8.48. The third-order valence-electron chi connectivity index (χ3n) is 5.59. The smallest absolute Gasteiger partial charge is 0.242 e. The molecule has 6 nitrogen and oxygen atoms in total. The summed E-state index contributed by atoms with van der Waals surface area (Å²) in [5, 5.41) is 0.951. The predicted octanol–water partition coefficient (Wildman–Crippen LogP) is 4.25. The maximum absolute atomic E-state index is 12.9. The van der Waals surface area contributed by atoms with Crippen LogP contribution in [0.5, 0.6) is 0 Å².